The number of nitrogens with one attached hydrogen (secondary N) is 1. The number of aliphatic hydroxyl groups excluding tert-OH is 1. The number of aryl methyl sites for hydroxylation is 1. The molecule has 2 N–H and O–H groups in total. The summed E-state index contributed by atoms with van der Waals surface area (Å²) in [4.78, 5) is 26.1. The first-order valence-corrected chi connectivity index (χ1v) is 11.4. The zero-order chi connectivity index (χ0) is 23.4. The summed E-state index contributed by atoms with van der Waals surface area (Å²) >= 11 is 0. The number of hydrogen-bond acceptors (Lipinski definition) is 5. The Hall–Kier alpha value is -3.52. The van der Waals surface area contributed by atoms with Gasteiger partial charge in [0.05, 0.1) is 19.3 Å². The van der Waals surface area contributed by atoms with E-state index in [0.717, 1.165) is 10.9 Å². The molecule has 1 fully saturated rings. The predicted molar refractivity (Wildman–Crippen MR) is 130 cm³/mol. The average Bonchev–Trinajstić information content (AvgIpc) is 3.20. The molecule has 0 radical (unpaired) electrons. The van der Waals surface area contributed by atoms with Crippen LogP contribution >= 0.6 is 0 Å². The Morgan fingerprint density at radius 1 is 1.03 bits per heavy atom. The third-order valence-electron chi connectivity index (χ3n) is 6.82. The summed E-state index contributed by atoms with van der Waals surface area (Å²) in [5, 5.41) is 17.8. The van der Waals surface area contributed by atoms with Crippen LogP contribution in [0.5, 0.6) is 0 Å². The maximum Gasteiger partial charge on any atom is 0.330 e. The molecule has 0 bridgehead atoms. The Labute approximate surface area is 194 Å². The third-order valence-corrected chi connectivity index (χ3v) is 6.82. The van der Waals surface area contributed by atoms with Crippen molar-refractivity contribution < 1.29 is 14.6 Å². The molecule has 1 aromatic heterocycles. The normalized spacial score (nSPS) is 20.7. The number of rotatable bonds is 5. The maximum absolute atomic E-state index is 12.2. The van der Waals surface area contributed by atoms with Gasteiger partial charge in [0.2, 0.25) is 0 Å². The molecule has 4 aromatic carbocycles. The molecule has 2 heterocycles. The van der Waals surface area contributed by atoms with Crippen molar-refractivity contribution in [3.8, 4) is 0 Å². The van der Waals surface area contributed by atoms with Crippen molar-refractivity contribution in [1.82, 2.24) is 9.55 Å². The minimum absolute atomic E-state index is 0.191. The highest BCUT2D eigenvalue weighted by Gasteiger charge is 2.35. The van der Waals surface area contributed by atoms with Crippen molar-refractivity contribution in [2.75, 3.05) is 6.61 Å². The van der Waals surface area contributed by atoms with Crippen molar-refractivity contribution in [3.05, 3.63) is 92.8 Å². The van der Waals surface area contributed by atoms with Gasteiger partial charge >= 0.3 is 5.69 Å². The molecule has 1 saturated heterocycles. The molecule has 1 unspecified atom stereocenters. The number of H-pyrrole nitrogens is 1. The van der Waals surface area contributed by atoms with Gasteiger partial charge in [0, 0.05) is 18.2 Å². The van der Waals surface area contributed by atoms with Gasteiger partial charge in [0.15, 0.2) is 0 Å². The Morgan fingerprint density at radius 3 is 2.53 bits per heavy atom. The molecule has 0 spiro atoms. The van der Waals surface area contributed by atoms with Gasteiger partial charge in [-0.2, -0.15) is 0 Å². The van der Waals surface area contributed by atoms with Crippen LogP contribution < -0.4 is 11.2 Å². The molecule has 5 aromatic rings. The predicted octanol–water partition coefficient (Wildman–Crippen LogP) is 3.61. The number of aromatic nitrogens is 2. The van der Waals surface area contributed by atoms with Crippen molar-refractivity contribution >= 4 is 32.3 Å². The Morgan fingerprint density at radius 2 is 1.74 bits per heavy atom. The van der Waals surface area contributed by atoms with Crippen LogP contribution in [0, 0.1) is 6.92 Å². The zero-order valence-electron chi connectivity index (χ0n) is 18.7. The number of nitrogens with zero attached hydrogens (tertiary/aromatic N) is 1. The zero-order valence-corrected chi connectivity index (χ0v) is 18.7. The molecular formula is C27H24N2O5. The van der Waals surface area contributed by atoms with E-state index in [-0.39, 0.29) is 13.0 Å². The van der Waals surface area contributed by atoms with Crippen LogP contribution in [0.1, 0.15) is 23.8 Å². The highest BCUT2D eigenvalue weighted by molar-refractivity contribution is 6.23. The monoisotopic (exact) mass is 456 g/mol. The van der Waals surface area contributed by atoms with Crippen LogP contribution in [0.2, 0.25) is 0 Å². The fourth-order valence-electron chi connectivity index (χ4n) is 5.04. The fraction of sp³-hybridized carbons (Fsp3) is 0.259. The van der Waals surface area contributed by atoms with E-state index in [1.807, 2.05) is 0 Å². The summed E-state index contributed by atoms with van der Waals surface area (Å²) in [5.41, 5.74) is 0.504. The topological polar surface area (TPSA) is 93.6 Å². The van der Waals surface area contributed by atoms with Crippen LogP contribution in [0.25, 0.3) is 32.3 Å². The molecule has 7 heteroatoms. The number of aromatic amines is 1. The lowest BCUT2D eigenvalue weighted by molar-refractivity contribution is -0.0666. The molecule has 0 aliphatic carbocycles. The third kappa shape index (κ3) is 3.40. The smallest absolute Gasteiger partial charge is 0.330 e. The van der Waals surface area contributed by atoms with Crippen molar-refractivity contribution in [3.63, 3.8) is 0 Å². The van der Waals surface area contributed by atoms with Gasteiger partial charge in [-0.05, 0) is 44.8 Å². The van der Waals surface area contributed by atoms with E-state index in [1.54, 1.807) is 6.92 Å². The lowest BCUT2D eigenvalue weighted by Gasteiger charge is -2.17. The molecule has 7 nitrogen and oxygen atoms in total. The molecule has 1 aliphatic rings. The van der Waals surface area contributed by atoms with E-state index in [9.17, 15) is 14.7 Å². The summed E-state index contributed by atoms with van der Waals surface area (Å²) in [5.74, 6) is 0. The van der Waals surface area contributed by atoms with Gasteiger partial charge in [-0.3, -0.25) is 14.3 Å². The molecule has 1 aliphatic heterocycles. The SMILES string of the molecule is Cc1cn([C@H]2CC(O)[C@@H](COCc3ccc4ccc5cccc6ccc3c4c56)O2)c(=O)[nH]c1=O. The first-order chi connectivity index (χ1) is 16.5. The molecule has 34 heavy (non-hydrogen) atoms. The second-order valence-corrected chi connectivity index (χ2v) is 9.01. The maximum atomic E-state index is 12.2. The number of ether oxygens (including phenoxy) is 2. The van der Waals surface area contributed by atoms with Gasteiger partial charge < -0.3 is 14.6 Å². The standard InChI is InChI=1S/C27H24N2O5/c1-15-12-29(27(32)28-26(15)31)23-11-21(30)22(34-23)14-33-13-19-8-7-18-6-5-16-3-2-4-17-9-10-20(19)25(18)24(16)17/h2-10,12,21-23,30H,11,13-14H2,1H3,(H,28,31,32)/t21?,22-,23-/m1/s1. The van der Waals surface area contributed by atoms with Gasteiger partial charge in [-0.15, -0.1) is 0 Å². The number of hydrogen-bond donors (Lipinski definition) is 2. The molecule has 172 valence electrons. The minimum atomic E-state index is -0.773. The fourth-order valence-corrected chi connectivity index (χ4v) is 5.04. The highest BCUT2D eigenvalue weighted by Crippen LogP contribution is 2.36. The van der Waals surface area contributed by atoms with Crippen LogP contribution in [0.4, 0.5) is 0 Å². The molecule has 0 amide bonds. The van der Waals surface area contributed by atoms with Crippen LogP contribution in [-0.4, -0.2) is 33.5 Å². The van der Waals surface area contributed by atoms with E-state index in [1.165, 1.54) is 37.7 Å². The van der Waals surface area contributed by atoms with Crippen LogP contribution in [0.15, 0.2) is 70.4 Å². The van der Waals surface area contributed by atoms with E-state index in [0.29, 0.717) is 12.2 Å². The molecule has 0 saturated carbocycles. The van der Waals surface area contributed by atoms with Crippen LogP contribution in [-0.2, 0) is 16.1 Å². The Bertz CT molecular complexity index is 1620. The molecule has 3 atom stereocenters. The first kappa shape index (κ1) is 21.0. The van der Waals surface area contributed by atoms with Crippen molar-refractivity contribution in [2.45, 2.75) is 38.4 Å². The van der Waals surface area contributed by atoms with E-state index in [2.05, 4.69) is 59.6 Å². The molecular weight excluding hydrogens is 432 g/mol. The first-order valence-electron chi connectivity index (χ1n) is 11.4. The average molecular weight is 456 g/mol. The summed E-state index contributed by atoms with van der Waals surface area (Å²) < 4.78 is 13.2. The highest BCUT2D eigenvalue weighted by atomic mass is 16.6. The van der Waals surface area contributed by atoms with E-state index < -0.39 is 29.7 Å². The lowest BCUT2D eigenvalue weighted by Crippen LogP contribution is -2.33. The Kier molecular flexibility index (Phi) is 4.99. The summed E-state index contributed by atoms with van der Waals surface area (Å²) in [6.07, 6.45) is -0.277. The van der Waals surface area contributed by atoms with Crippen molar-refractivity contribution in [2.24, 2.45) is 0 Å². The second kappa shape index (κ2) is 8.06. The van der Waals surface area contributed by atoms with Gasteiger partial charge in [0.25, 0.3) is 5.56 Å². The van der Waals surface area contributed by atoms with E-state index >= 15 is 0 Å². The Balaban J connectivity index is 1.21. The number of aliphatic hydroxyl groups is 1. The second-order valence-electron chi connectivity index (χ2n) is 9.01. The summed E-state index contributed by atoms with van der Waals surface area (Å²) in [6.45, 7) is 2.19. The summed E-state index contributed by atoms with van der Waals surface area (Å²) in [6, 6.07) is 19.1. The number of benzene rings is 4. The lowest BCUT2D eigenvalue weighted by atomic mass is 9.92. The molecule has 6 rings (SSSR count). The van der Waals surface area contributed by atoms with E-state index in [4.69, 9.17) is 9.47 Å². The minimum Gasteiger partial charge on any atom is -0.390 e. The van der Waals surface area contributed by atoms with Gasteiger partial charge in [-0.25, -0.2) is 4.79 Å². The van der Waals surface area contributed by atoms with Crippen molar-refractivity contribution in [1.29, 1.82) is 0 Å². The quantitative estimate of drug-likeness (QED) is 0.394. The van der Waals surface area contributed by atoms with Gasteiger partial charge in [0.1, 0.15) is 12.3 Å². The van der Waals surface area contributed by atoms with Crippen LogP contribution in [0.3, 0.4) is 0 Å². The summed E-state index contributed by atoms with van der Waals surface area (Å²) in [7, 11) is 0. The largest absolute Gasteiger partial charge is 0.390 e. The van der Waals surface area contributed by atoms with Gasteiger partial charge in [-0.1, -0.05) is 54.6 Å².